The van der Waals surface area contributed by atoms with E-state index in [0.717, 1.165) is 17.9 Å². The van der Waals surface area contributed by atoms with Crippen LogP contribution in [0.1, 0.15) is 59.3 Å². The quantitative estimate of drug-likeness (QED) is 0.686. The maximum Gasteiger partial charge on any atom is 0.00699 e. The summed E-state index contributed by atoms with van der Waals surface area (Å²) in [5.41, 5.74) is 0. The molecule has 84 valence electrons. The van der Waals surface area contributed by atoms with Gasteiger partial charge in [-0.3, -0.25) is 0 Å². The standard InChI is InChI=1S/C13H27N/c1-4-11(5-2)10-14-13-8-7-12(6-3)9-13/h11-14H,4-10H2,1-3H3. The molecule has 0 aromatic heterocycles. The lowest BCUT2D eigenvalue weighted by Gasteiger charge is -2.18. The van der Waals surface area contributed by atoms with Crippen LogP contribution in [-0.4, -0.2) is 12.6 Å². The van der Waals surface area contributed by atoms with Crippen molar-refractivity contribution < 1.29 is 0 Å². The van der Waals surface area contributed by atoms with E-state index in [-0.39, 0.29) is 0 Å². The Morgan fingerprint density at radius 3 is 2.36 bits per heavy atom. The molecule has 1 heteroatoms. The summed E-state index contributed by atoms with van der Waals surface area (Å²) < 4.78 is 0. The third-order valence-electron chi connectivity index (χ3n) is 3.97. The first-order chi connectivity index (χ1) is 6.80. The molecule has 1 aliphatic carbocycles. The van der Waals surface area contributed by atoms with Gasteiger partial charge in [0.05, 0.1) is 0 Å². The molecule has 0 aromatic carbocycles. The van der Waals surface area contributed by atoms with Crippen molar-refractivity contribution in [2.75, 3.05) is 6.54 Å². The largest absolute Gasteiger partial charge is 0.314 e. The molecule has 0 heterocycles. The molecule has 0 spiro atoms. The van der Waals surface area contributed by atoms with Gasteiger partial charge in [-0.05, 0) is 37.6 Å². The van der Waals surface area contributed by atoms with Crippen LogP contribution in [0, 0.1) is 11.8 Å². The van der Waals surface area contributed by atoms with Crippen molar-refractivity contribution >= 4 is 0 Å². The Balaban J connectivity index is 2.13. The molecule has 0 aliphatic heterocycles. The van der Waals surface area contributed by atoms with Crippen LogP contribution in [-0.2, 0) is 0 Å². The first-order valence-corrected chi connectivity index (χ1v) is 6.53. The van der Waals surface area contributed by atoms with Crippen molar-refractivity contribution in [1.82, 2.24) is 5.32 Å². The zero-order valence-corrected chi connectivity index (χ0v) is 10.2. The average molecular weight is 197 g/mol. The number of hydrogen-bond donors (Lipinski definition) is 1. The molecule has 14 heavy (non-hydrogen) atoms. The predicted molar refractivity (Wildman–Crippen MR) is 63.5 cm³/mol. The van der Waals surface area contributed by atoms with Gasteiger partial charge >= 0.3 is 0 Å². The Morgan fingerprint density at radius 2 is 1.86 bits per heavy atom. The summed E-state index contributed by atoms with van der Waals surface area (Å²) in [5, 5.41) is 3.75. The molecule has 1 nitrogen and oxygen atoms in total. The van der Waals surface area contributed by atoms with Crippen LogP contribution in [0.4, 0.5) is 0 Å². The summed E-state index contributed by atoms with van der Waals surface area (Å²) >= 11 is 0. The van der Waals surface area contributed by atoms with E-state index in [4.69, 9.17) is 0 Å². The lowest BCUT2D eigenvalue weighted by atomic mass is 10.0. The van der Waals surface area contributed by atoms with Gasteiger partial charge in [-0.2, -0.15) is 0 Å². The van der Waals surface area contributed by atoms with Gasteiger partial charge in [0.1, 0.15) is 0 Å². The van der Waals surface area contributed by atoms with Crippen LogP contribution in [0.15, 0.2) is 0 Å². The SMILES string of the molecule is CCC(CC)CNC1CCC(CC)C1. The van der Waals surface area contributed by atoms with Crippen LogP contribution in [0.5, 0.6) is 0 Å². The first-order valence-electron chi connectivity index (χ1n) is 6.53. The van der Waals surface area contributed by atoms with Crippen molar-refractivity contribution in [2.24, 2.45) is 11.8 Å². The maximum absolute atomic E-state index is 3.75. The van der Waals surface area contributed by atoms with Crippen LogP contribution in [0.2, 0.25) is 0 Å². The van der Waals surface area contributed by atoms with E-state index < -0.39 is 0 Å². The number of rotatable bonds is 6. The van der Waals surface area contributed by atoms with Gasteiger partial charge in [0.2, 0.25) is 0 Å². The van der Waals surface area contributed by atoms with E-state index in [1.54, 1.807) is 0 Å². The van der Waals surface area contributed by atoms with Crippen molar-refractivity contribution in [1.29, 1.82) is 0 Å². The minimum absolute atomic E-state index is 0.834. The van der Waals surface area contributed by atoms with Gasteiger partial charge in [-0.25, -0.2) is 0 Å². The third kappa shape index (κ3) is 3.61. The Kier molecular flexibility index (Phi) is 5.54. The highest BCUT2D eigenvalue weighted by molar-refractivity contribution is 4.80. The fourth-order valence-electron chi connectivity index (χ4n) is 2.54. The topological polar surface area (TPSA) is 12.0 Å². The molecule has 0 amide bonds. The van der Waals surface area contributed by atoms with Gasteiger partial charge in [0, 0.05) is 6.04 Å². The van der Waals surface area contributed by atoms with Gasteiger partial charge in [-0.15, -0.1) is 0 Å². The summed E-state index contributed by atoms with van der Waals surface area (Å²) in [5.74, 6) is 1.91. The summed E-state index contributed by atoms with van der Waals surface area (Å²) in [6.07, 6.45) is 8.33. The minimum atomic E-state index is 0.834. The van der Waals surface area contributed by atoms with E-state index >= 15 is 0 Å². The highest BCUT2D eigenvalue weighted by Crippen LogP contribution is 2.27. The third-order valence-corrected chi connectivity index (χ3v) is 3.97. The molecule has 1 fully saturated rings. The molecule has 0 bridgehead atoms. The summed E-state index contributed by atoms with van der Waals surface area (Å²) in [7, 11) is 0. The molecule has 1 N–H and O–H groups in total. The maximum atomic E-state index is 3.75. The molecule has 0 saturated heterocycles. The van der Waals surface area contributed by atoms with Gasteiger partial charge in [0.25, 0.3) is 0 Å². The van der Waals surface area contributed by atoms with Gasteiger partial charge in [-0.1, -0.05) is 40.0 Å². The Hall–Kier alpha value is -0.0400. The normalized spacial score (nSPS) is 27.4. The van der Waals surface area contributed by atoms with Crippen molar-refractivity contribution in [3.8, 4) is 0 Å². The molecule has 2 atom stereocenters. The molecular weight excluding hydrogens is 170 g/mol. The molecule has 1 rings (SSSR count). The van der Waals surface area contributed by atoms with E-state index in [0.29, 0.717) is 0 Å². The number of hydrogen-bond acceptors (Lipinski definition) is 1. The predicted octanol–water partition coefficient (Wildman–Crippen LogP) is 3.59. The van der Waals surface area contributed by atoms with Crippen molar-refractivity contribution in [3.05, 3.63) is 0 Å². The fraction of sp³-hybridized carbons (Fsp3) is 1.00. The summed E-state index contributed by atoms with van der Waals surface area (Å²) in [6, 6.07) is 0.834. The Labute approximate surface area is 89.7 Å². The second kappa shape index (κ2) is 6.44. The summed E-state index contributed by atoms with van der Waals surface area (Å²) in [4.78, 5) is 0. The number of nitrogens with one attached hydrogen (secondary N) is 1. The van der Waals surface area contributed by atoms with Gasteiger partial charge in [0.15, 0.2) is 0 Å². The lowest BCUT2D eigenvalue weighted by molar-refractivity contribution is 0.400. The first kappa shape index (κ1) is 12.0. The monoisotopic (exact) mass is 197 g/mol. The van der Waals surface area contributed by atoms with Crippen LogP contribution < -0.4 is 5.32 Å². The minimum Gasteiger partial charge on any atom is -0.314 e. The van der Waals surface area contributed by atoms with E-state index in [2.05, 4.69) is 26.1 Å². The Bertz CT molecular complexity index is 140. The van der Waals surface area contributed by atoms with E-state index in [9.17, 15) is 0 Å². The molecule has 1 aliphatic rings. The molecule has 1 saturated carbocycles. The zero-order valence-electron chi connectivity index (χ0n) is 10.2. The van der Waals surface area contributed by atoms with E-state index in [1.807, 2.05) is 0 Å². The van der Waals surface area contributed by atoms with E-state index in [1.165, 1.54) is 45.1 Å². The second-order valence-corrected chi connectivity index (χ2v) is 4.88. The molecule has 2 unspecified atom stereocenters. The Morgan fingerprint density at radius 1 is 1.14 bits per heavy atom. The van der Waals surface area contributed by atoms with Crippen molar-refractivity contribution in [3.63, 3.8) is 0 Å². The van der Waals surface area contributed by atoms with Crippen LogP contribution in [0.25, 0.3) is 0 Å². The smallest absolute Gasteiger partial charge is 0.00699 e. The fourth-order valence-corrected chi connectivity index (χ4v) is 2.54. The van der Waals surface area contributed by atoms with Crippen LogP contribution in [0.3, 0.4) is 0 Å². The molecular formula is C13H27N. The van der Waals surface area contributed by atoms with Gasteiger partial charge < -0.3 is 5.32 Å². The molecule has 0 radical (unpaired) electrons. The zero-order chi connectivity index (χ0) is 10.4. The highest BCUT2D eigenvalue weighted by Gasteiger charge is 2.22. The highest BCUT2D eigenvalue weighted by atomic mass is 14.9. The second-order valence-electron chi connectivity index (χ2n) is 4.88. The lowest BCUT2D eigenvalue weighted by Crippen LogP contribution is -2.31. The van der Waals surface area contributed by atoms with Crippen LogP contribution >= 0.6 is 0 Å². The average Bonchev–Trinajstić information content (AvgIpc) is 2.67. The molecule has 0 aromatic rings. The summed E-state index contributed by atoms with van der Waals surface area (Å²) in [6.45, 7) is 8.18. The van der Waals surface area contributed by atoms with Crippen molar-refractivity contribution in [2.45, 2.75) is 65.3 Å².